The second-order valence-corrected chi connectivity index (χ2v) is 10.5. The van der Waals surface area contributed by atoms with E-state index in [1.54, 1.807) is 18.2 Å². The van der Waals surface area contributed by atoms with Crippen molar-refractivity contribution in [2.24, 2.45) is 16.5 Å². The molecule has 0 heterocycles. The molecule has 0 fully saturated rings. The maximum atomic E-state index is 13.3. The van der Waals surface area contributed by atoms with Gasteiger partial charge in [0.1, 0.15) is 4.90 Å². The average molecular weight is 456 g/mol. The van der Waals surface area contributed by atoms with Crippen molar-refractivity contribution < 1.29 is 25.9 Å². The van der Waals surface area contributed by atoms with E-state index < -0.39 is 22.0 Å². The van der Waals surface area contributed by atoms with Crippen LogP contribution in [-0.4, -0.2) is 20.3 Å². The first-order valence-electron chi connectivity index (χ1n) is 9.96. The van der Waals surface area contributed by atoms with Crippen LogP contribution < -0.4 is 0 Å². The van der Waals surface area contributed by atoms with Gasteiger partial charge >= 0.3 is 16.3 Å². The van der Waals surface area contributed by atoms with E-state index in [9.17, 15) is 21.6 Å². The molecular formula is C23H28F3NO3S. The molecule has 1 atom stereocenters. The van der Waals surface area contributed by atoms with Crippen molar-refractivity contribution in [3.8, 4) is 0 Å². The molecule has 170 valence electrons. The Hall–Kier alpha value is -2.35. The van der Waals surface area contributed by atoms with Gasteiger partial charge in [-0.15, -0.1) is 0 Å². The van der Waals surface area contributed by atoms with Gasteiger partial charge in [-0.3, -0.25) is 4.28 Å². The Bertz CT molecular complexity index is 991. The Kier molecular flexibility index (Phi) is 7.57. The van der Waals surface area contributed by atoms with Gasteiger partial charge in [0, 0.05) is 5.56 Å². The van der Waals surface area contributed by atoms with Crippen LogP contribution >= 0.6 is 0 Å². The van der Waals surface area contributed by atoms with E-state index in [1.807, 2.05) is 0 Å². The maximum Gasteiger partial charge on any atom is 0.437 e. The lowest BCUT2D eigenvalue weighted by Crippen LogP contribution is -2.25. The molecule has 0 saturated heterocycles. The van der Waals surface area contributed by atoms with Crippen LogP contribution in [0.4, 0.5) is 13.2 Å². The first-order chi connectivity index (χ1) is 14.2. The highest BCUT2D eigenvalue weighted by Crippen LogP contribution is 2.40. The van der Waals surface area contributed by atoms with Crippen LogP contribution in [0.15, 0.2) is 64.6 Å². The molecule has 0 aliphatic heterocycles. The van der Waals surface area contributed by atoms with E-state index in [-0.39, 0.29) is 21.8 Å². The van der Waals surface area contributed by atoms with Gasteiger partial charge in [-0.05, 0) is 41.4 Å². The number of benzene rings is 2. The number of hydrogen-bond donors (Lipinski definition) is 0. The number of alkyl halides is 3. The van der Waals surface area contributed by atoms with Crippen LogP contribution in [0.5, 0.6) is 0 Å². The average Bonchev–Trinajstić information content (AvgIpc) is 2.65. The van der Waals surface area contributed by atoms with Crippen molar-refractivity contribution in [2.75, 3.05) is 0 Å². The van der Waals surface area contributed by atoms with E-state index >= 15 is 0 Å². The lowest BCUT2D eigenvalue weighted by molar-refractivity contribution is -0.0597. The number of rotatable bonds is 7. The third kappa shape index (κ3) is 6.82. The molecule has 4 nitrogen and oxygen atoms in total. The minimum atomic E-state index is -4.88. The van der Waals surface area contributed by atoms with Crippen molar-refractivity contribution in [1.29, 1.82) is 0 Å². The Morgan fingerprint density at radius 2 is 1.52 bits per heavy atom. The molecule has 0 radical (unpaired) electrons. The summed E-state index contributed by atoms with van der Waals surface area (Å²) in [6.45, 7) is 10.6. The summed E-state index contributed by atoms with van der Waals surface area (Å²) in [5.41, 5.74) is -0.785. The Morgan fingerprint density at radius 3 is 1.97 bits per heavy atom. The largest absolute Gasteiger partial charge is 0.437 e. The number of nitrogens with zero attached hydrogens (tertiary/aromatic N) is 1. The van der Waals surface area contributed by atoms with Crippen LogP contribution in [0.25, 0.3) is 0 Å². The molecule has 0 aliphatic carbocycles. The third-order valence-electron chi connectivity index (χ3n) is 4.87. The van der Waals surface area contributed by atoms with E-state index in [2.05, 4.69) is 44.1 Å². The monoisotopic (exact) mass is 455 g/mol. The van der Waals surface area contributed by atoms with Crippen LogP contribution in [0.2, 0.25) is 0 Å². The summed E-state index contributed by atoms with van der Waals surface area (Å²) in [5, 5.41) is 2.95. The van der Waals surface area contributed by atoms with Gasteiger partial charge in [0.15, 0.2) is 5.71 Å². The molecule has 1 unspecified atom stereocenters. The van der Waals surface area contributed by atoms with Crippen molar-refractivity contribution in [3.05, 3.63) is 65.7 Å². The number of halogens is 3. The van der Waals surface area contributed by atoms with Gasteiger partial charge in [0.25, 0.3) is 0 Å². The summed E-state index contributed by atoms with van der Waals surface area (Å²) < 4.78 is 69.3. The van der Waals surface area contributed by atoms with Gasteiger partial charge < -0.3 is 0 Å². The summed E-state index contributed by atoms with van der Waals surface area (Å²) >= 11 is 0. The lowest BCUT2D eigenvalue weighted by Gasteiger charge is -2.32. The highest BCUT2D eigenvalue weighted by molar-refractivity contribution is 7.86. The van der Waals surface area contributed by atoms with Gasteiger partial charge in [-0.1, -0.05) is 82.2 Å². The SMILES string of the molecule is CC(C)CC(c1ccc(S(=O)(=O)ON=C(c2ccccc2)C(F)(F)F)cc1)C(C)(C)C. The standard InChI is InChI=1S/C23H28F3NO3S/c1-16(2)15-20(22(3,4)5)17-11-13-19(14-12-17)31(28,29)30-27-21(23(24,25)26)18-9-7-6-8-10-18/h6-14,16,20H,15H2,1-5H3. The zero-order chi connectivity index (χ0) is 23.4. The smallest absolute Gasteiger partial charge is 0.264 e. The predicted molar refractivity (Wildman–Crippen MR) is 115 cm³/mol. The van der Waals surface area contributed by atoms with Crippen molar-refractivity contribution in [1.82, 2.24) is 0 Å². The van der Waals surface area contributed by atoms with Crippen LogP contribution in [0, 0.1) is 11.3 Å². The topological polar surface area (TPSA) is 55.7 Å². The van der Waals surface area contributed by atoms with Crippen molar-refractivity contribution in [2.45, 2.75) is 58.0 Å². The minimum absolute atomic E-state index is 0.0389. The summed E-state index contributed by atoms with van der Waals surface area (Å²) in [4.78, 5) is -0.258. The first kappa shape index (κ1) is 24.9. The minimum Gasteiger partial charge on any atom is -0.264 e. The molecular weight excluding hydrogens is 427 g/mol. The van der Waals surface area contributed by atoms with Gasteiger partial charge in [-0.25, -0.2) is 0 Å². The quantitative estimate of drug-likeness (QED) is 0.352. The number of hydrogen-bond acceptors (Lipinski definition) is 4. The zero-order valence-corrected chi connectivity index (χ0v) is 19.1. The molecule has 2 aromatic rings. The van der Waals surface area contributed by atoms with Crippen LogP contribution in [0.3, 0.4) is 0 Å². The van der Waals surface area contributed by atoms with Crippen LogP contribution in [0.1, 0.15) is 58.1 Å². The molecule has 2 rings (SSSR count). The lowest BCUT2D eigenvalue weighted by atomic mass is 9.72. The third-order valence-corrected chi connectivity index (χ3v) is 5.99. The molecule has 0 spiro atoms. The second kappa shape index (κ2) is 9.42. The fourth-order valence-electron chi connectivity index (χ4n) is 3.32. The first-order valence-corrected chi connectivity index (χ1v) is 11.4. The van der Waals surface area contributed by atoms with Gasteiger partial charge in [0.2, 0.25) is 0 Å². The molecule has 8 heteroatoms. The molecule has 0 amide bonds. The molecule has 2 aromatic carbocycles. The highest BCUT2D eigenvalue weighted by Gasteiger charge is 2.38. The predicted octanol–water partition coefficient (Wildman–Crippen LogP) is 6.53. The molecule has 0 aliphatic rings. The van der Waals surface area contributed by atoms with Gasteiger partial charge in [-0.2, -0.15) is 21.6 Å². The molecule has 0 N–H and O–H groups in total. The summed E-state index contributed by atoms with van der Waals surface area (Å²) in [6, 6.07) is 12.7. The summed E-state index contributed by atoms with van der Waals surface area (Å²) in [7, 11) is -4.51. The van der Waals surface area contributed by atoms with Crippen molar-refractivity contribution in [3.63, 3.8) is 0 Å². The van der Waals surface area contributed by atoms with Crippen molar-refractivity contribution >= 4 is 15.8 Å². The maximum absolute atomic E-state index is 13.3. The molecule has 0 bridgehead atoms. The Morgan fingerprint density at radius 1 is 0.968 bits per heavy atom. The Labute approximate surface area is 182 Å². The molecule has 0 aromatic heterocycles. The van der Waals surface area contributed by atoms with E-state index in [0.29, 0.717) is 5.92 Å². The summed E-state index contributed by atoms with van der Waals surface area (Å²) in [6.07, 6.45) is -3.96. The van der Waals surface area contributed by atoms with E-state index in [4.69, 9.17) is 0 Å². The second-order valence-electron chi connectivity index (χ2n) is 8.95. The molecule has 0 saturated carbocycles. The van der Waals surface area contributed by atoms with Crippen LogP contribution in [-0.2, 0) is 14.4 Å². The molecule has 31 heavy (non-hydrogen) atoms. The van der Waals surface area contributed by atoms with E-state index in [1.165, 1.54) is 36.4 Å². The Balaban J connectivity index is 2.32. The zero-order valence-electron chi connectivity index (χ0n) is 18.3. The van der Waals surface area contributed by atoms with E-state index in [0.717, 1.165) is 12.0 Å². The van der Waals surface area contributed by atoms with Gasteiger partial charge in [0.05, 0.1) is 0 Å². The normalized spacial score (nSPS) is 14.5. The highest BCUT2D eigenvalue weighted by atomic mass is 32.2. The number of oxime groups is 1. The fraction of sp³-hybridized carbons (Fsp3) is 0.435. The fourth-order valence-corrected chi connectivity index (χ4v) is 4.05. The summed E-state index contributed by atoms with van der Waals surface area (Å²) in [5.74, 6) is 0.641.